The van der Waals surface area contributed by atoms with Crippen LogP contribution in [0, 0.1) is 0 Å². The minimum Gasteiger partial charge on any atom is -0.461 e. The summed E-state index contributed by atoms with van der Waals surface area (Å²) >= 11 is 0. The average molecular weight is 285 g/mol. The summed E-state index contributed by atoms with van der Waals surface area (Å²) in [5.74, 6) is -0.506. The van der Waals surface area contributed by atoms with Crippen LogP contribution in [0.4, 0.5) is 4.79 Å². The zero-order chi connectivity index (χ0) is 15.4. The molecule has 0 saturated heterocycles. The molecule has 0 fully saturated rings. The second kappa shape index (κ2) is 6.49. The molecule has 1 amide bonds. The van der Waals surface area contributed by atoms with Gasteiger partial charge in [0.2, 0.25) is 0 Å². The van der Waals surface area contributed by atoms with E-state index in [4.69, 9.17) is 9.57 Å². The van der Waals surface area contributed by atoms with Gasteiger partial charge in [-0.2, -0.15) is 5.06 Å². The van der Waals surface area contributed by atoms with Crippen LogP contribution in [0.2, 0.25) is 0 Å². The monoisotopic (exact) mass is 285 g/mol. The maximum absolute atomic E-state index is 12.0. The molecule has 20 heavy (non-hydrogen) atoms. The quantitative estimate of drug-likeness (QED) is 0.727. The number of amides is 1. The molecule has 1 aliphatic rings. The van der Waals surface area contributed by atoms with Crippen molar-refractivity contribution in [2.24, 2.45) is 0 Å². The number of nitrogens with zero attached hydrogens (tertiary/aromatic N) is 3. The Kier molecular flexibility index (Phi) is 5.24. The second-order valence-electron chi connectivity index (χ2n) is 4.99. The third-order valence-corrected chi connectivity index (χ3v) is 2.90. The standard InChI is InChI=1S/C13H23N3O4/c1-7-19-12(17)11-8-15(9(2)3)10(4)16(11)20-13(18)14(5)6/h8-10H,7H2,1-6H3. The van der Waals surface area contributed by atoms with Gasteiger partial charge in [-0.25, -0.2) is 9.59 Å². The topological polar surface area (TPSA) is 62.3 Å². The largest absolute Gasteiger partial charge is 0.461 e. The lowest BCUT2D eigenvalue weighted by atomic mass is 10.3. The Morgan fingerprint density at radius 3 is 2.45 bits per heavy atom. The van der Waals surface area contributed by atoms with E-state index in [2.05, 4.69) is 0 Å². The zero-order valence-corrected chi connectivity index (χ0v) is 12.9. The van der Waals surface area contributed by atoms with Crippen molar-refractivity contribution in [3.63, 3.8) is 0 Å². The van der Waals surface area contributed by atoms with Crippen molar-refractivity contribution in [3.05, 3.63) is 11.9 Å². The fraction of sp³-hybridized carbons (Fsp3) is 0.692. The molecule has 0 spiro atoms. The van der Waals surface area contributed by atoms with Crippen LogP contribution in [0.5, 0.6) is 0 Å². The summed E-state index contributed by atoms with van der Waals surface area (Å²) in [6, 6.07) is 0.164. The summed E-state index contributed by atoms with van der Waals surface area (Å²) in [5, 5.41) is 1.29. The summed E-state index contributed by atoms with van der Waals surface area (Å²) in [7, 11) is 3.16. The smallest absolute Gasteiger partial charge is 0.433 e. The summed E-state index contributed by atoms with van der Waals surface area (Å²) in [6.07, 6.45) is 0.854. The van der Waals surface area contributed by atoms with Crippen molar-refractivity contribution in [1.82, 2.24) is 14.9 Å². The van der Waals surface area contributed by atoms with Crippen LogP contribution in [0.25, 0.3) is 0 Å². The highest BCUT2D eigenvalue weighted by Gasteiger charge is 2.37. The highest BCUT2D eigenvalue weighted by atomic mass is 16.7. The molecule has 0 aromatic heterocycles. The molecular formula is C13H23N3O4. The lowest BCUT2D eigenvalue weighted by molar-refractivity contribution is -0.157. The first-order chi connectivity index (χ1) is 9.29. The van der Waals surface area contributed by atoms with E-state index in [0.29, 0.717) is 0 Å². The van der Waals surface area contributed by atoms with Gasteiger partial charge in [0.05, 0.1) is 6.61 Å². The van der Waals surface area contributed by atoms with Gasteiger partial charge < -0.3 is 19.4 Å². The molecule has 1 unspecified atom stereocenters. The van der Waals surface area contributed by atoms with Crippen LogP contribution in [-0.4, -0.2) is 59.8 Å². The molecule has 0 aromatic rings. The van der Waals surface area contributed by atoms with Gasteiger partial charge in [0.25, 0.3) is 0 Å². The first kappa shape index (κ1) is 16.1. The number of rotatable bonds is 4. The van der Waals surface area contributed by atoms with Gasteiger partial charge >= 0.3 is 12.1 Å². The predicted molar refractivity (Wildman–Crippen MR) is 73.2 cm³/mol. The molecule has 0 aromatic carbocycles. The van der Waals surface area contributed by atoms with E-state index < -0.39 is 12.1 Å². The molecule has 0 bridgehead atoms. The van der Waals surface area contributed by atoms with Crippen molar-refractivity contribution in [2.45, 2.75) is 39.9 Å². The molecule has 114 valence electrons. The number of carbonyl (C=O) groups is 2. The number of esters is 1. The minimum atomic E-state index is -0.544. The Hall–Kier alpha value is -1.92. The molecular weight excluding hydrogens is 262 g/mol. The lowest BCUT2D eigenvalue weighted by Crippen LogP contribution is -2.43. The molecule has 1 rings (SSSR count). The van der Waals surface area contributed by atoms with E-state index in [1.165, 1.54) is 9.96 Å². The van der Waals surface area contributed by atoms with Crippen molar-refractivity contribution in [1.29, 1.82) is 0 Å². The average Bonchev–Trinajstić information content (AvgIpc) is 2.67. The molecule has 0 aliphatic carbocycles. The Morgan fingerprint density at radius 1 is 1.40 bits per heavy atom. The van der Waals surface area contributed by atoms with E-state index in [-0.39, 0.29) is 24.5 Å². The van der Waals surface area contributed by atoms with Gasteiger partial charge in [-0.05, 0) is 27.7 Å². The van der Waals surface area contributed by atoms with Crippen molar-refractivity contribution >= 4 is 12.1 Å². The van der Waals surface area contributed by atoms with E-state index in [1.54, 1.807) is 27.2 Å². The summed E-state index contributed by atoms with van der Waals surface area (Å²) in [5.41, 5.74) is 0.225. The second-order valence-corrected chi connectivity index (χ2v) is 4.99. The van der Waals surface area contributed by atoms with Gasteiger partial charge in [0, 0.05) is 26.3 Å². The fourth-order valence-corrected chi connectivity index (χ4v) is 1.85. The van der Waals surface area contributed by atoms with Crippen molar-refractivity contribution in [2.75, 3.05) is 20.7 Å². The first-order valence-corrected chi connectivity index (χ1v) is 6.64. The molecule has 0 N–H and O–H groups in total. The normalized spacial score (nSPS) is 18.1. The van der Waals surface area contributed by atoms with E-state index >= 15 is 0 Å². The van der Waals surface area contributed by atoms with Gasteiger partial charge in [0.1, 0.15) is 6.17 Å². The van der Waals surface area contributed by atoms with Gasteiger partial charge in [-0.3, -0.25) is 0 Å². The van der Waals surface area contributed by atoms with Crippen molar-refractivity contribution in [3.8, 4) is 0 Å². The molecule has 7 heteroatoms. The van der Waals surface area contributed by atoms with E-state index in [0.717, 1.165) is 0 Å². The van der Waals surface area contributed by atoms with Crippen LogP contribution >= 0.6 is 0 Å². The van der Waals surface area contributed by atoms with Gasteiger partial charge in [0.15, 0.2) is 5.70 Å². The number of hydroxylamine groups is 2. The zero-order valence-electron chi connectivity index (χ0n) is 12.9. The molecule has 0 radical (unpaired) electrons. The summed E-state index contributed by atoms with van der Waals surface area (Å²) in [6.45, 7) is 7.83. The molecule has 7 nitrogen and oxygen atoms in total. The third kappa shape index (κ3) is 3.34. The van der Waals surface area contributed by atoms with Crippen molar-refractivity contribution < 1.29 is 19.2 Å². The number of hydrogen-bond acceptors (Lipinski definition) is 6. The Bertz CT molecular complexity index is 406. The maximum atomic E-state index is 12.0. The fourth-order valence-electron chi connectivity index (χ4n) is 1.85. The van der Waals surface area contributed by atoms with Gasteiger partial charge in [-0.1, -0.05) is 0 Å². The Morgan fingerprint density at radius 2 is 2.00 bits per heavy atom. The summed E-state index contributed by atoms with van der Waals surface area (Å²) in [4.78, 5) is 32.1. The number of hydrogen-bond donors (Lipinski definition) is 0. The number of ether oxygens (including phenoxy) is 1. The van der Waals surface area contributed by atoms with Gasteiger partial charge in [-0.15, -0.1) is 0 Å². The van der Waals surface area contributed by atoms with E-state index in [1.807, 2.05) is 25.7 Å². The first-order valence-electron chi connectivity index (χ1n) is 6.64. The van der Waals surface area contributed by atoms with E-state index in [9.17, 15) is 9.59 Å². The van der Waals surface area contributed by atoms with Crippen LogP contribution < -0.4 is 0 Å². The van der Waals surface area contributed by atoms with Crippen LogP contribution in [0.1, 0.15) is 27.7 Å². The van der Waals surface area contributed by atoms with Crippen LogP contribution in [0.15, 0.2) is 11.9 Å². The Balaban J connectivity index is 2.96. The molecule has 1 aliphatic heterocycles. The predicted octanol–water partition coefficient (Wildman–Crippen LogP) is 1.38. The molecule has 0 saturated carbocycles. The summed E-state index contributed by atoms with van der Waals surface area (Å²) < 4.78 is 4.99. The minimum absolute atomic E-state index is 0.164. The Labute approximate surface area is 119 Å². The number of carbonyl (C=O) groups excluding carboxylic acids is 2. The van der Waals surface area contributed by atoms with Crippen LogP contribution in [0.3, 0.4) is 0 Å². The third-order valence-electron chi connectivity index (χ3n) is 2.90. The maximum Gasteiger partial charge on any atom is 0.433 e. The SMILES string of the molecule is CCOC(=O)C1=CN(C(C)C)C(C)N1OC(=O)N(C)C. The highest BCUT2D eigenvalue weighted by molar-refractivity contribution is 5.88. The molecule has 1 heterocycles. The highest BCUT2D eigenvalue weighted by Crippen LogP contribution is 2.26. The lowest BCUT2D eigenvalue weighted by Gasteiger charge is -2.31. The molecule has 1 atom stereocenters. The van der Waals surface area contributed by atoms with Crippen LogP contribution in [-0.2, 0) is 14.4 Å².